The van der Waals surface area contributed by atoms with Crippen molar-refractivity contribution in [2.24, 2.45) is 5.73 Å². The maximum atomic E-state index is 13.7. The molecule has 1 atom stereocenters. The first kappa shape index (κ1) is 18.1. The highest BCUT2D eigenvalue weighted by atomic mass is 32.2. The lowest BCUT2D eigenvalue weighted by Crippen LogP contribution is -2.26. The van der Waals surface area contributed by atoms with Crippen LogP contribution >= 0.6 is 0 Å². The Bertz CT molecular complexity index is 794. The number of nitrogens with one attached hydrogen (secondary N) is 1. The highest BCUT2D eigenvalue weighted by molar-refractivity contribution is 8.06. The fourth-order valence-corrected chi connectivity index (χ4v) is 2.94. The van der Waals surface area contributed by atoms with Gasteiger partial charge in [-0.05, 0) is 18.1 Å². The summed E-state index contributed by atoms with van der Waals surface area (Å²) >= 11 is 0. The van der Waals surface area contributed by atoms with Crippen molar-refractivity contribution >= 4 is 15.0 Å². The molecule has 0 bridgehead atoms. The van der Waals surface area contributed by atoms with Crippen LogP contribution in [0.4, 0.5) is 4.39 Å². The molecule has 7 heteroatoms. The van der Waals surface area contributed by atoms with E-state index in [9.17, 15) is 12.8 Å². The standard InChI is InChI=1S/C17H19FN2O3S/c18-15-9-5-4-8-14(15)12-23-16(13-6-2-1-3-7-13)10-11-24(21,22)17(19)20/h1-9,16H,10-12H2,(H3,19,20). The van der Waals surface area contributed by atoms with E-state index in [1.54, 1.807) is 18.2 Å². The van der Waals surface area contributed by atoms with Gasteiger partial charge in [-0.3, -0.25) is 5.41 Å². The van der Waals surface area contributed by atoms with Crippen LogP contribution in [0, 0.1) is 11.2 Å². The zero-order valence-electron chi connectivity index (χ0n) is 13.0. The van der Waals surface area contributed by atoms with Crippen molar-refractivity contribution < 1.29 is 17.5 Å². The zero-order chi connectivity index (χ0) is 17.6. The monoisotopic (exact) mass is 350 g/mol. The molecule has 0 aromatic heterocycles. The molecule has 24 heavy (non-hydrogen) atoms. The van der Waals surface area contributed by atoms with Gasteiger partial charge in [-0.15, -0.1) is 0 Å². The number of ether oxygens (including phenoxy) is 1. The lowest BCUT2D eigenvalue weighted by Gasteiger charge is -2.18. The molecule has 0 aliphatic heterocycles. The smallest absolute Gasteiger partial charge is 0.210 e. The Hall–Kier alpha value is -2.25. The Balaban J connectivity index is 2.12. The molecule has 0 spiro atoms. The summed E-state index contributed by atoms with van der Waals surface area (Å²) in [7, 11) is -3.79. The van der Waals surface area contributed by atoms with Crippen LogP contribution in [-0.2, 0) is 21.2 Å². The van der Waals surface area contributed by atoms with Crippen LogP contribution in [0.25, 0.3) is 0 Å². The van der Waals surface area contributed by atoms with E-state index in [0.717, 1.165) is 5.56 Å². The topological polar surface area (TPSA) is 93.2 Å². The molecule has 0 heterocycles. The predicted molar refractivity (Wildman–Crippen MR) is 90.7 cm³/mol. The summed E-state index contributed by atoms with van der Waals surface area (Å²) in [5.74, 6) is -0.681. The van der Waals surface area contributed by atoms with Crippen molar-refractivity contribution in [2.45, 2.75) is 19.1 Å². The Morgan fingerprint density at radius 2 is 1.75 bits per heavy atom. The molecular weight excluding hydrogens is 331 g/mol. The highest BCUT2D eigenvalue weighted by Gasteiger charge is 2.20. The summed E-state index contributed by atoms with van der Waals surface area (Å²) in [6, 6.07) is 15.3. The van der Waals surface area contributed by atoms with Gasteiger partial charge < -0.3 is 10.5 Å². The maximum absolute atomic E-state index is 13.7. The van der Waals surface area contributed by atoms with Crippen molar-refractivity contribution in [3.8, 4) is 0 Å². The summed E-state index contributed by atoms with van der Waals surface area (Å²) < 4.78 is 42.9. The van der Waals surface area contributed by atoms with Crippen LogP contribution in [0.5, 0.6) is 0 Å². The zero-order valence-corrected chi connectivity index (χ0v) is 13.8. The van der Waals surface area contributed by atoms with Gasteiger partial charge in [-0.25, -0.2) is 12.8 Å². The second-order valence-electron chi connectivity index (χ2n) is 5.27. The molecule has 2 rings (SSSR count). The van der Waals surface area contributed by atoms with Gasteiger partial charge in [0.15, 0.2) is 0 Å². The minimum absolute atomic E-state index is 0.0202. The summed E-state index contributed by atoms with van der Waals surface area (Å²) in [5, 5.41) is 6.25. The summed E-state index contributed by atoms with van der Waals surface area (Å²) in [6.45, 7) is 0.0202. The molecule has 0 aliphatic carbocycles. The molecule has 1 unspecified atom stereocenters. The first-order valence-corrected chi connectivity index (χ1v) is 9.02. The number of sulfone groups is 1. The maximum Gasteiger partial charge on any atom is 0.210 e. The Morgan fingerprint density at radius 3 is 2.38 bits per heavy atom. The van der Waals surface area contributed by atoms with E-state index >= 15 is 0 Å². The first-order valence-electron chi connectivity index (χ1n) is 7.37. The molecule has 128 valence electrons. The molecule has 0 amide bonds. The van der Waals surface area contributed by atoms with E-state index in [2.05, 4.69) is 0 Å². The van der Waals surface area contributed by atoms with Crippen molar-refractivity contribution in [1.29, 1.82) is 5.41 Å². The number of halogens is 1. The number of hydrogen-bond donors (Lipinski definition) is 2. The number of hydrogen-bond acceptors (Lipinski definition) is 4. The van der Waals surface area contributed by atoms with Gasteiger partial charge in [-0.1, -0.05) is 48.5 Å². The number of nitrogens with two attached hydrogens (primary N) is 1. The van der Waals surface area contributed by atoms with Crippen LogP contribution in [-0.4, -0.2) is 19.3 Å². The Kier molecular flexibility index (Phi) is 6.05. The highest BCUT2D eigenvalue weighted by Crippen LogP contribution is 2.24. The third-order valence-electron chi connectivity index (χ3n) is 3.55. The van der Waals surface area contributed by atoms with Gasteiger partial charge in [-0.2, -0.15) is 0 Å². The molecule has 2 aromatic carbocycles. The number of amidine groups is 1. The van der Waals surface area contributed by atoms with Crippen LogP contribution in [0.3, 0.4) is 0 Å². The molecule has 3 N–H and O–H groups in total. The van der Waals surface area contributed by atoms with Crippen molar-refractivity contribution in [3.63, 3.8) is 0 Å². The molecule has 0 fully saturated rings. The predicted octanol–water partition coefficient (Wildman–Crippen LogP) is 2.78. The average molecular weight is 350 g/mol. The van der Waals surface area contributed by atoms with E-state index in [-0.39, 0.29) is 24.6 Å². The number of rotatable bonds is 7. The van der Waals surface area contributed by atoms with Gasteiger partial charge in [0, 0.05) is 5.56 Å². The van der Waals surface area contributed by atoms with Gasteiger partial charge in [0.05, 0.1) is 18.5 Å². The van der Waals surface area contributed by atoms with Crippen LogP contribution < -0.4 is 5.73 Å². The molecule has 5 nitrogen and oxygen atoms in total. The SMILES string of the molecule is N=C(N)S(=O)(=O)CCC(OCc1ccccc1F)c1ccccc1. The quantitative estimate of drug-likeness (QED) is 0.593. The Morgan fingerprint density at radius 1 is 1.12 bits per heavy atom. The van der Waals surface area contributed by atoms with Crippen LogP contribution in [0.1, 0.15) is 23.7 Å². The minimum Gasteiger partial charge on any atom is -0.375 e. The van der Waals surface area contributed by atoms with Crippen LogP contribution in [0.15, 0.2) is 54.6 Å². The van der Waals surface area contributed by atoms with Gasteiger partial charge in [0.25, 0.3) is 0 Å². The molecule has 0 radical (unpaired) electrons. The normalized spacial score (nSPS) is 12.7. The second kappa shape index (κ2) is 8.03. The molecule has 0 aliphatic rings. The third-order valence-corrected chi connectivity index (χ3v) is 5.00. The third kappa shape index (κ3) is 4.87. The van der Waals surface area contributed by atoms with Crippen molar-refractivity contribution in [3.05, 3.63) is 71.5 Å². The first-order chi connectivity index (χ1) is 11.4. The van der Waals surface area contributed by atoms with E-state index in [0.29, 0.717) is 5.56 Å². The Labute approximate surface area is 140 Å². The van der Waals surface area contributed by atoms with Gasteiger partial charge >= 0.3 is 0 Å². The van der Waals surface area contributed by atoms with Crippen LogP contribution in [0.2, 0.25) is 0 Å². The fraction of sp³-hybridized carbons (Fsp3) is 0.235. The molecule has 0 saturated carbocycles. The van der Waals surface area contributed by atoms with Crippen molar-refractivity contribution in [1.82, 2.24) is 0 Å². The summed E-state index contributed by atoms with van der Waals surface area (Å²) in [4.78, 5) is 0. The largest absolute Gasteiger partial charge is 0.375 e. The van der Waals surface area contributed by atoms with Gasteiger partial charge in [0.2, 0.25) is 15.0 Å². The summed E-state index contributed by atoms with van der Waals surface area (Å²) in [6.07, 6.45) is -0.416. The van der Waals surface area contributed by atoms with E-state index < -0.39 is 21.1 Å². The molecule has 2 aromatic rings. The molecule has 0 saturated heterocycles. The van der Waals surface area contributed by atoms with E-state index in [4.69, 9.17) is 15.9 Å². The fourth-order valence-electron chi connectivity index (χ4n) is 2.19. The van der Waals surface area contributed by atoms with E-state index in [1.807, 2.05) is 30.3 Å². The average Bonchev–Trinajstić information content (AvgIpc) is 2.57. The minimum atomic E-state index is -3.79. The lowest BCUT2D eigenvalue weighted by molar-refractivity contribution is 0.0361. The van der Waals surface area contributed by atoms with Gasteiger partial charge in [0.1, 0.15) is 5.82 Å². The lowest BCUT2D eigenvalue weighted by atomic mass is 10.1. The van der Waals surface area contributed by atoms with Crippen molar-refractivity contribution in [2.75, 3.05) is 5.75 Å². The second-order valence-corrected chi connectivity index (χ2v) is 7.35. The molecular formula is C17H19FN2O3S. The summed E-state index contributed by atoms with van der Waals surface area (Å²) in [5.41, 5.74) is 6.27. The van der Waals surface area contributed by atoms with E-state index in [1.165, 1.54) is 6.07 Å². The number of benzene rings is 2.